The van der Waals surface area contributed by atoms with E-state index in [1.807, 2.05) is 12.2 Å². The molecule has 0 aromatic carbocycles. The van der Waals surface area contributed by atoms with Gasteiger partial charge in [-0.2, -0.15) is 0 Å². The van der Waals surface area contributed by atoms with E-state index in [1.165, 1.54) is 0 Å². The van der Waals surface area contributed by atoms with E-state index in [-0.39, 0.29) is 6.40 Å². The molecule has 0 aromatic rings. The van der Waals surface area contributed by atoms with Gasteiger partial charge in [-0.15, -0.1) is 0 Å². The minimum absolute atomic E-state index is 0.123. The van der Waals surface area contributed by atoms with Crippen LogP contribution in [-0.4, -0.2) is 0 Å². The molecule has 3 aliphatic carbocycles. The van der Waals surface area contributed by atoms with Gasteiger partial charge >= 0.3 is 0 Å². The first kappa shape index (κ1) is 2.34. The van der Waals surface area contributed by atoms with Gasteiger partial charge < -0.3 is 0 Å². The normalized spacial score (nSPS) is 70.9. The van der Waals surface area contributed by atoms with Crippen LogP contribution in [-0.2, 0) is 0 Å². The van der Waals surface area contributed by atoms with Crippen molar-refractivity contribution in [1.82, 2.24) is 0 Å². The molecule has 0 aromatic heterocycles. The first-order chi connectivity index (χ1) is 4.22. The third-order valence-corrected chi connectivity index (χ3v) is 1.72. The zero-order chi connectivity index (χ0) is 6.48. The Morgan fingerprint density at radius 3 is 3.29 bits per heavy atom. The largest absolute Gasteiger partial charge is 0.0880 e. The lowest BCUT2D eigenvalue weighted by Crippen LogP contribution is -2.24. The van der Waals surface area contributed by atoms with Crippen molar-refractivity contribution in [3.63, 3.8) is 0 Å². The topological polar surface area (TPSA) is 0 Å². The van der Waals surface area contributed by atoms with Crippen LogP contribution in [0.1, 0.15) is 22.0 Å². The number of rotatable bonds is 0. The number of allylic oxidation sites excluding steroid dienone is 2. The molecule has 3 unspecified atom stereocenters. The molecule has 1 saturated carbocycles. The summed E-state index contributed by atoms with van der Waals surface area (Å²) in [4.78, 5) is 0. The molecular weight excluding hydrogens is 84.1 g/mol. The lowest BCUT2D eigenvalue weighted by Gasteiger charge is -2.36. The quantitative estimate of drug-likeness (QED) is 0.404. The molecule has 3 rings (SSSR count). The van der Waals surface area contributed by atoms with Gasteiger partial charge in [-0.05, 0) is 31.1 Å². The van der Waals surface area contributed by atoms with Crippen molar-refractivity contribution >= 4 is 0 Å². The molecule has 2 bridgehead atoms. The van der Waals surface area contributed by atoms with Crippen molar-refractivity contribution in [2.75, 3.05) is 0 Å². The second kappa shape index (κ2) is 1.12. The van der Waals surface area contributed by atoms with Crippen LogP contribution < -0.4 is 0 Å². The average molecular weight is 96.2 g/mol. The van der Waals surface area contributed by atoms with Crippen molar-refractivity contribution in [2.45, 2.75) is 19.2 Å². The summed E-state index contributed by atoms with van der Waals surface area (Å²) in [5.41, 5.74) is 0. The fraction of sp³-hybridized carbons (Fsp3) is 0.714. The number of fused-ring (bicyclic) bond motifs is 1. The van der Waals surface area contributed by atoms with E-state index < -0.39 is 5.89 Å². The van der Waals surface area contributed by atoms with Gasteiger partial charge in [0.2, 0.25) is 0 Å². The molecule has 38 valence electrons. The van der Waals surface area contributed by atoms with Crippen LogP contribution in [0.3, 0.4) is 0 Å². The van der Waals surface area contributed by atoms with Gasteiger partial charge in [0.25, 0.3) is 0 Å². The van der Waals surface area contributed by atoms with E-state index in [4.69, 9.17) is 2.74 Å². The second-order valence-corrected chi connectivity index (χ2v) is 2.34. The Morgan fingerprint density at radius 1 is 1.86 bits per heavy atom. The van der Waals surface area contributed by atoms with Crippen molar-refractivity contribution in [2.24, 2.45) is 11.8 Å². The summed E-state index contributed by atoms with van der Waals surface area (Å²) in [6.07, 6.45) is 5.78. The maximum absolute atomic E-state index is 7.62. The van der Waals surface area contributed by atoms with Crippen LogP contribution in [0.4, 0.5) is 0 Å². The van der Waals surface area contributed by atoms with Crippen LogP contribution in [0, 0.1) is 11.8 Å². The highest BCUT2D eigenvalue weighted by atomic mass is 14.3. The minimum atomic E-state index is -0.483. The molecule has 0 nitrogen and oxygen atoms in total. The molecule has 0 amide bonds. The second-order valence-electron chi connectivity index (χ2n) is 2.34. The summed E-state index contributed by atoms with van der Waals surface area (Å²) in [6, 6.07) is 0. The molecular formula is C7H10. The van der Waals surface area contributed by atoms with Crippen molar-refractivity contribution in [1.29, 1.82) is 0 Å². The SMILES string of the molecule is [2H]C1C2CC=CC1([2H])C2. The summed E-state index contributed by atoms with van der Waals surface area (Å²) in [6.45, 7) is 0. The smallest absolute Gasteiger partial charge is 0.0346 e. The van der Waals surface area contributed by atoms with Gasteiger partial charge in [-0.25, -0.2) is 0 Å². The van der Waals surface area contributed by atoms with Gasteiger partial charge in [-0.1, -0.05) is 12.2 Å². The van der Waals surface area contributed by atoms with Crippen LogP contribution in [0.25, 0.3) is 0 Å². The Morgan fingerprint density at radius 2 is 2.86 bits per heavy atom. The maximum atomic E-state index is 7.62. The van der Waals surface area contributed by atoms with Crippen LogP contribution in [0.15, 0.2) is 12.2 Å². The van der Waals surface area contributed by atoms with Gasteiger partial charge in [0, 0.05) is 2.74 Å². The molecule has 1 fully saturated rings. The number of hydrogen-bond acceptors (Lipinski definition) is 0. The summed E-state index contributed by atoms with van der Waals surface area (Å²) < 4.78 is 15.1. The van der Waals surface area contributed by atoms with Gasteiger partial charge in [0.15, 0.2) is 0 Å². The van der Waals surface area contributed by atoms with E-state index in [0.29, 0.717) is 5.92 Å². The zero-order valence-corrected chi connectivity index (χ0v) is 4.22. The Hall–Kier alpha value is -0.260. The highest BCUT2D eigenvalue weighted by molar-refractivity contribution is 5.03. The third kappa shape index (κ3) is 0.425. The van der Waals surface area contributed by atoms with Crippen LogP contribution in [0.5, 0.6) is 0 Å². The minimum Gasteiger partial charge on any atom is -0.0880 e. The van der Waals surface area contributed by atoms with Gasteiger partial charge in [0.05, 0.1) is 0 Å². The summed E-state index contributed by atoms with van der Waals surface area (Å²) >= 11 is 0. The molecule has 0 spiro atoms. The Bertz CT molecular complexity index is 164. The molecule has 7 heavy (non-hydrogen) atoms. The van der Waals surface area contributed by atoms with Crippen LogP contribution in [0.2, 0.25) is 0 Å². The number of hydrogen-bond donors (Lipinski definition) is 0. The Kier molecular flexibility index (Phi) is 0.374. The fourth-order valence-electron chi connectivity index (χ4n) is 1.24. The molecule has 3 atom stereocenters. The van der Waals surface area contributed by atoms with E-state index in [0.717, 1.165) is 12.8 Å². The summed E-state index contributed by atoms with van der Waals surface area (Å²) in [7, 11) is 0. The van der Waals surface area contributed by atoms with E-state index in [9.17, 15) is 0 Å². The fourth-order valence-corrected chi connectivity index (χ4v) is 1.24. The van der Waals surface area contributed by atoms with Crippen molar-refractivity contribution in [3.05, 3.63) is 12.2 Å². The summed E-state index contributed by atoms with van der Waals surface area (Å²) in [5, 5.41) is 0. The lowest BCUT2D eigenvalue weighted by molar-refractivity contribution is 0.225. The van der Waals surface area contributed by atoms with Crippen molar-refractivity contribution < 1.29 is 2.74 Å². The molecule has 0 heteroatoms. The Labute approximate surface area is 47.0 Å². The lowest BCUT2D eigenvalue weighted by atomic mass is 9.69. The molecule has 0 aliphatic heterocycles. The molecule has 0 radical (unpaired) electrons. The third-order valence-electron chi connectivity index (χ3n) is 1.72. The molecule has 0 N–H and O–H groups in total. The maximum Gasteiger partial charge on any atom is 0.0346 e. The average Bonchev–Trinajstić information content (AvgIpc) is 1.88. The first-order valence-electron chi connectivity index (χ1n) is 3.90. The first-order valence-corrected chi connectivity index (χ1v) is 2.82. The zero-order valence-electron chi connectivity index (χ0n) is 6.22. The van der Waals surface area contributed by atoms with Crippen molar-refractivity contribution in [3.8, 4) is 0 Å². The molecule has 0 saturated heterocycles. The Balaban J connectivity index is 2.28. The standard InChI is InChI=1S/C7H10/c1-2-6-4-7(3-1)5-6/h1-2,6-7H,3-5H2/i4D,6D. The highest BCUT2D eigenvalue weighted by Crippen LogP contribution is 2.40. The molecule has 0 heterocycles. The summed E-state index contributed by atoms with van der Waals surface area (Å²) in [5.74, 6) is 0.0237. The van der Waals surface area contributed by atoms with E-state index in [1.54, 1.807) is 0 Å². The predicted molar refractivity (Wildman–Crippen MR) is 30.0 cm³/mol. The monoisotopic (exact) mass is 96.1 g/mol. The molecule has 3 aliphatic rings. The van der Waals surface area contributed by atoms with Gasteiger partial charge in [-0.3, -0.25) is 0 Å². The van der Waals surface area contributed by atoms with E-state index in [2.05, 4.69) is 0 Å². The van der Waals surface area contributed by atoms with Crippen LogP contribution >= 0.6 is 0 Å². The van der Waals surface area contributed by atoms with E-state index >= 15 is 0 Å². The predicted octanol–water partition coefficient (Wildman–Crippen LogP) is 1.97. The van der Waals surface area contributed by atoms with Gasteiger partial charge in [0.1, 0.15) is 0 Å². The highest BCUT2D eigenvalue weighted by Gasteiger charge is 2.28.